The quantitative estimate of drug-likeness (QED) is 0.793. The second-order valence-corrected chi connectivity index (χ2v) is 6.02. The van der Waals surface area contributed by atoms with Crippen LogP contribution in [-0.2, 0) is 4.74 Å². The predicted octanol–water partition coefficient (Wildman–Crippen LogP) is 3.59. The van der Waals surface area contributed by atoms with Crippen LogP contribution in [0, 0.1) is 0 Å². The van der Waals surface area contributed by atoms with Crippen LogP contribution in [0.2, 0.25) is 0 Å². The molecule has 2 aromatic rings. The molecule has 0 spiro atoms. The molecule has 2 heterocycles. The molecule has 0 atom stereocenters. The van der Waals surface area contributed by atoms with Crippen LogP contribution in [0.4, 0.5) is 0 Å². The van der Waals surface area contributed by atoms with E-state index in [-0.39, 0.29) is 5.97 Å². The standard InChI is InChI=1S/C14H17N3O2.C2H6/c1-14(2,3)19-13(18)10-6-12-16-15-8-17(12)7-11(10)9-4-5-9;1-2/h6-9H,4-5H2,1-3H3;1-2H3. The van der Waals surface area contributed by atoms with E-state index in [2.05, 4.69) is 10.2 Å². The van der Waals surface area contributed by atoms with Crippen molar-refractivity contribution in [2.24, 2.45) is 0 Å². The monoisotopic (exact) mass is 289 g/mol. The van der Waals surface area contributed by atoms with Crippen LogP contribution in [0.3, 0.4) is 0 Å². The van der Waals surface area contributed by atoms with Crippen LogP contribution in [0.1, 0.15) is 69.3 Å². The lowest BCUT2D eigenvalue weighted by Gasteiger charge is -2.20. The highest BCUT2D eigenvalue weighted by Crippen LogP contribution is 2.42. The zero-order valence-corrected chi connectivity index (χ0v) is 13.4. The molecule has 114 valence electrons. The van der Waals surface area contributed by atoms with Gasteiger partial charge in [-0.05, 0) is 51.2 Å². The first kappa shape index (κ1) is 15.5. The SMILES string of the molecule is CC.CC(C)(C)OC(=O)c1cc2nncn2cc1C1CC1. The maximum Gasteiger partial charge on any atom is 0.339 e. The molecule has 0 unspecified atom stereocenters. The lowest BCUT2D eigenvalue weighted by Crippen LogP contribution is -2.24. The predicted molar refractivity (Wildman–Crippen MR) is 81.5 cm³/mol. The number of ether oxygens (including phenoxy) is 1. The molecule has 0 N–H and O–H groups in total. The molecule has 5 nitrogen and oxygen atoms in total. The summed E-state index contributed by atoms with van der Waals surface area (Å²) in [5, 5.41) is 7.84. The highest BCUT2D eigenvalue weighted by molar-refractivity contribution is 5.92. The van der Waals surface area contributed by atoms with Crippen molar-refractivity contribution in [1.82, 2.24) is 14.6 Å². The van der Waals surface area contributed by atoms with Gasteiger partial charge in [-0.3, -0.25) is 4.40 Å². The van der Waals surface area contributed by atoms with Crippen molar-refractivity contribution in [3.63, 3.8) is 0 Å². The van der Waals surface area contributed by atoms with Crippen molar-refractivity contribution in [2.45, 2.75) is 59.0 Å². The molecule has 5 heteroatoms. The number of fused-ring (bicyclic) bond motifs is 1. The fraction of sp³-hybridized carbons (Fsp3) is 0.562. The Labute approximate surface area is 125 Å². The second kappa shape index (κ2) is 5.84. The van der Waals surface area contributed by atoms with Crippen molar-refractivity contribution in [3.8, 4) is 0 Å². The van der Waals surface area contributed by atoms with Gasteiger partial charge in [0.25, 0.3) is 0 Å². The molecule has 1 aliphatic rings. The van der Waals surface area contributed by atoms with Gasteiger partial charge < -0.3 is 4.74 Å². The molecule has 21 heavy (non-hydrogen) atoms. The average molecular weight is 289 g/mol. The fourth-order valence-electron chi connectivity index (χ4n) is 2.12. The molecule has 3 rings (SSSR count). The van der Waals surface area contributed by atoms with E-state index in [0.717, 1.165) is 18.4 Å². The highest BCUT2D eigenvalue weighted by Gasteiger charge is 2.30. The van der Waals surface area contributed by atoms with E-state index < -0.39 is 5.60 Å². The summed E-state index contributed by atoms with van der Waals surface area (Å²) in [6.07, 6.45) is 5.86. The Morgan fingerprint density at radius 3 is 2.57 bits per heavy atom. The van der Waals surface area contributed by atoms with Crippen molar-refractivity contribution >= 4 is 11.6 Å². The van der Waals surface area contributed by atoms with E-state index in [1.165, 1.54) is 0 Å². The molecule has 0 radical (unpaired) electrons. The molecule has 0 bridgehead atoms. The Morgan fingerprint density at radius 2 is 2.00 bits per heavy atom. The lowest BCUT2D eigenvalue weighted by atomic mass is 10.1. The molecular weight excluding hydrogens is 266 g/mol. The van der Waals surface area contributed by atoms with Gasteiger partial charge in [-0.2, -0.15) is 0 Å². The highest BCUT2D eigenvalue weighted by atomic mass is 16.6. The topological polar surface area (TPSA) is 56.5 Å². The number of nitrogens with zero attached hydrogens (tertiary/aromatic N) is 3. The molecule has 1 aliphatic carbocycles. The molecule has 0 aromatic carbocycles. The Balaban J connectivity index is 0.000000774. The smallest absolute Gasteiger partial charge is 0.339 e. The summed E-state index contributed by atoms with van der Waals surface area (Å²) in [7, 11) is 0. The Bertz CT molecular complexity index is 636. The molecular formula is C16H23N3O2. The van der Waals surface area contributed by atoms with Crippen LogP contribution in [0.15, 0.2) is 18.6 Å². The maximum atomic E-state index is 12.3. The van der Waals surface area contributed by atoms with Gasteiger partial charge in [-0.1, -0.05) is 13.8 Å². The Morgan fingerprint density at radius 1 is 1.33 bits per heavy atom. The van der Waals surface area contributed by atoms with Gasteiger partial charge >= 0.3 is 5.97 Å². The fourth-order valence-corrected chi connectivity index (χ4v) is 2.12. The van der Waals surface area contributed by atoms with Crippen molar-refractivity contribution < 1.29 is 9.53 Å². The number of esters is 1. The minimum Gasteiger partial charge on any atom is -0.456 e. The number of carbonyl (C=O) groups excluding carboxylic acids is 1. The van der Waals surface area contributed by atoms with Gasteiger partial charge in [0.15, 0.2) is 5.65 Å². The second-order valence-electron chi connectivity index (χ2n) is 6.02. The van der Waals surface area contributed by atoms with E-state index in [9.17, 15) is 4.79 Å². The average Bonchev–Trinajstić information content (AvgIpc) is 3.16. The van der Waals surface area contributed by atoms with E-state index >= 15 is 0 Å². The summed E-state index contributed by atoms with van der Waals surface area (Å²) in [6, 6.07) is 1.77. The first-order valence-electron chi connectivity index (χ1n) is 7.51. The minimum atomic E-state index is -0.488. The van der Waals surface area contributed by atoms with Crippen LogP contribution < -0.4 is 0 Å². The van der Waals surface area contributed by atoms with Crippen LogP contribution >= 0.6 is 0 Å². The van der Waals surface area contributed by atoms with Gasteiger partial charge in [0, 0.05) is 6.20 Å². The van der Waals surface area contributed by atoms with Gasteiger partial charge in [-0.25, -0.2) is 4.79 Å². The third-order valence-electron chi connectivity index (χ3n) is 3.10. The third-order valence-corrected chi connectivity index (χ3v) is 3.10. The summed E-state index contributed by atoms with van der Waals surface area (Å²) in [5.41, 5.74) is 1.85. The van der Waals surface area contributed by atoms with Crippen LogP contribution in [-0.4, -0.2) is 26.2 Å². The molecule has 0 saturated heterocycles. The summed E-state index contributed by atoms with van der Waals surface area (Å²) in [6.45, 7) is 9.62. The minimum absolute atomic E-state index is 0.278. The summed E-state index contributed by atoms with van der Waals surface area (Å²) in [5.74, 6) is 0.189. The number of hydrogen-bond donors (Lipinski definition) is 0. The zero-order valence-electron chi connectivity index (χ0n) is 13.4. The van der Waals surface area contributed by atoms with Gasteiger partial charge in [0.2, 0.25) is 0 Å². The number of rotatable bonds is 2. The molecule has 1 fully saturated rings. The summed E-state index contributed by atoms with van der Waals surface area (Å²) < 4.78 is 7.32. The molecule has 0 amide bonds. The van der Waals surface area contributed by atoms with E-state index in [4.69, 9.17) is 4.74 Å². The lowest BCUT2D eigenvalue weighted by molar-refractivity contribution is 0.00682. The molecule has 1 saturated carbocycles. The van der Waals surface area contributed by atoms with Gasteiger partial charge in [0.05, 0.1) is 5.56 Å². The number of aromatic nitrogens is 3. The Kier molecular flexibility index (Phi) is 4.30. The number of pyridine rings is 1. The molecule has 2 aromatic heterocycles. The number of carbonyl (C=O) groups is 1. The normalized spacial score (nSPS) is 14.5. The van der Waals surface area contributed by atoms with Crippen LogP contribution in [0.5, 0.6) is 0 Å². The summed E-state index contributed by atoms with van der Waals surface area (Å²) in [4.78, 5) is 12.3. The van der Waals surface area contributed by atoms with E-state index in [0.29, 0.717) is 17.1 Å². The first-order chi connectivity index (χ1) is 9.94. The van der Waals surface area contributed by atoms with Gasteiger partial charge in [0.1, 0.15) is 11.9 Å². The van der Waals surface area contributed by atoms with Crippen LogP contribution in [0.25, 0.3) is 5.65 Å². The van der Waals surface area contributed by atoms with E-state index in [1.54, 1.807) is 12.4 Å². The van der Waals surface area contributed by atoms with Crippen molar-refractivity contribution in [2.75, 3.05) is 0 Å². The first-order valence-corrected chi connectivity index (χ1v) is 7.51. The largest absolute Gasteiger partial charge is 0.456 e. The Hall–Kier alpha value is -1.91. The number of hydrogen-bond acceptors (Lipinski definition) is 4. The zero-order chi connectivity index (χ0) is 15.6. The molecule has 0 aliphatic heterocycles. The van der Waals surface area contributed by atoms with E-state index in [1.807, 2.05) is 45.2 Å². The third kappa shape index (κ3) is 3.60. The van der Waals surface area contributed by atoms with Crippen molar-refractivity contribution in [1.29, 1.82) is 0 Å². The van der Waals surface area contributed by atoms with Gasteiger partial charge in [-0.15, -0.1) is 10.2 Å². The maximum absolute atomic E-state index is 12.3. The summed E-state index contributed by atoms with van der Waals surface area (Å²) >= 11 is 0. The van der Waals surface area contributed by atoms with Crippen molar-refractivity contribution in [3.05, 3.63) is 29.7 Å².